The number of aliphatic hydroxyl groups is 1. The summed E-state index contributed by atoms with van der Waals surface area (Å²) < 4.78 is 7.34. The van der Waals surface area contributed by atoms with Gasteiger partial charge in [-0.05, 0) is 31.0 Å². The number of aryl methyl sites for hydroxylation is 2. The number of unbranched alkanes of at least 4 members (excludes halogenated alkanes) is 1. The third-order valence-electron chi connectivity index (χ3n) is 4.54. The maximum atomic E-state index is 12.2. The van der Waals surface area contributed by atoms with Crippen molar-refractivity contribution >= 4 is 11.7 Å². The molecule has 1 aliphatic rings. The number of ether oxygens (including phenoxy) is 1. The van der Waals surface area contributed by atoms with Crippen LogP contribution in [0.3, 0.4) is 0 Å². The molecule has 134 valence electrons. The van der Waals surface area contributed by atoms with Crippen LogP contribution in [0.25, 0.3) is 0 Å². The summed E-state index contributed by atoms with van der Waals surface area (Å²) in [6.07, 6.45) is 2.54. The maximum absolute atomic E-state index is 12.2. The van der Waals surface area contributed by atoms with Gasteiger partial charge in [-0.3, -0.25) is 4.79 Å². The van der Waals surface area contributed by atoms with Crippen LogP contribution in [-0.2, 0) is 11.3 Å². The van der Waals surface area contributed by atoms with Gasteiger partial charge in [-0.25, -0.2) is 4.68 Å². The third kappa shape index (κ3) is 3.69. The maximum Gasteiger partial charge on any atom is 0.226 e. The minimum absolute atomic E-state index is 0.00557. The Bertz CT molecular complexity index is 737. The van der Waals surface area contributed by atoms with Crippen molar-refractivity contribution in [3.8, 4) is 5.75 Å². The van der Waals surface area contributed by atoms with Crippen LogP contribution in [0.1, 0.15) is 48.9 Å². The zero-order valence-electron chi connectivity index (χ0n) is 14.8. The zero-order chi connectivity index (χ0) is 17.8. The van der Waals surface area contributed by atoms with Crippen LogP contribution in [0.5, 0.6) is 5.75 Å². The molecule has 2 aromatic rings. The van der Waals surface area contributed by atoms with Gasteiger partial charge in [0.25, 0.3) is 0 Å². The van der Waals surface area contributed by atoms with Crippen molar-refractivity contribution in [2.24, 2.45) is 0 Å². The van der Waals surface area contributed by atoms with Crippen LogP contribution < -0.4 is 10.1 Å². The Morgan fingerprint density at radius 2 is 2.12 bits per heavy atom. The van der Waals surface area contributed by atoms with Gasteiger partial charge in [0.2, 0.25) is 5.91 Å². The van der Waals surface area contributed by atoms with Gasteiger partial charge in [-0.1, -0.05) is 25.5 Å². The van der Waals surface area contributed by atoms with Gasteiger partial charge < -0.3 is 15.2 Å². The molecule has 25 heavy (non-hydrogen) atoms. The summed E-state index contributed by atoms with van der Waals surface area (Å²) in [4.78, 5) is 12.2. The Balaban J connectivity index is 1.91. The number of hydrogen-bond donors (Lipinski definition) is 2. The minimum atomic E-state index is -0.00987. The molecule has 2 heterocycles. The normalized spacial score (nSPS) is 16.4. The number of rotatable bonds is 7. The van der Waals surface area contributed by atoms with E-state index in [1.807, 2.05) is 35.9 Å². The monoisotopic (exact) mass is 343 g/mol. The first-order valence-corrected chi connectivity index (χ1v) is 8.84. The summed E-state index contributed by atoms with van der Waals surface area (Å²) >= 11 is 0. The second kappa shape index (κ2) is 7.70. The summed E-state index contributed by atoms with van der Waals surface area (Å²) in [5, 5.41) is 16.5. The van der Waals surface area contributed by atoms with Gasteiger partial charge in [0, 0.05) is 24.4 Å². The molecule has 0 fully saturated rings. The van der Waals surface area contributed by atoms with E-state index in [2.05, 4.69) is 17.3 Å². The highest BCUT2D eigenvalue weighted by Crippen LogP contribution is 2.39. The molecular formula is C19H25N3O3. The number of anilines is 1. The molecule has 6 nitrogen and oxygen atoms in total. The Labute approximate surface area is 147 Å². The van der Waals surface area contributed by atoms with E-state index < -0.39 is 0 Å². The van der Waals surface area contributed by atoms with Gasteiger partial charge in [0.05, 0.1) is 12.3 Å². The molecule has 1 unspecified atom stereocenters. The summed E-state index contributed by atoms with van der Waals surface area (Å²) in [6.45, 7) is 5.23. The quantitative estimate of drug-likeness (QED) is 0.810. The number of fused-ring (bicyclic) bond motifs is 1. The highest BCUT2D eigenvalue weighted by Gasteiger charge is 2.32. The summed E-state index contributed by atoms with van der Waals surface area (Å²) in [6, 6.07) is 7.74. The Morgan fingerprint density at radius 1 is 1.36 bits per heavy atom. The average Bonchev–Trinajstić information content (AvgIpc) is 2.93. The van der Waals surface area contributed by atoms with Crippen LogP contribution in [0.15, 0.2) is 24.3 Å². The highest BCUT2D eigenvalue weighted by molar-refractivity contribution is 5.94. The van der Waals surface area contributed by atoms with Crippen molar-refractivity contribution in [3.63, 3.8) is 0 Å². The molecular weight excluding hydrogens is 318 g/mol. The number of amides is 1. The minimum Gasteiger partial charge on any atom is -0.491 e. The molecule has 0 aliphatic carbocycles. The molecule has 0 radical (unpaired) electrons. The fourth-order valence-corrected chi connectivity index (χ4v) is 3.33. The Kier molecular flexibility index (Phi) is 5.38. The molecule has 6 heteroatoms. The molecule has 0 saturated heterocycles. The first kappa shape index (κ1) is 17.5. The fourth-order valence-electron chi connectivity index (χ4n) is 3.33. The largest absolute Gasteiger partial charge is 0.491 e. The average molecular weight is 343 g/mol. The van der Waals surface area contributed by atoms with Crippen molar-refractivity contribution < 1.29 is 14.6 Å². The van der Waals surface area contributed by atoms with Crippen LogP contribution in [0.4, 0.5) is 5.82 Å². The molecule has 0 spiro atoms. The van der Waals surface area contributed by atoms with E-state index in [9.17, 15) is 4.79 Å². The number of nitrogens with one attached hydrogen (secondary N) is 1. The Hall–Kier alpha value is -2.34. The van der Waals surface area contributed by atoms with E-state index in [0.717, 1.165) is 42.0 Å². The van der Waals surface area contributed by atoms with E-state index >= 15 is 0 Å². The second-order valence-corrected chi connectivity index (χ2v) is 6.37. The van der Waals surface area contributed by atoms with E-state index in [-0.39, 0.29) is 25.0 Å². The van der Waals surface area contributed by atoms with Crippen LogP contribution in [0.2, 0.25) is 0 Å². The molecule has 1 aliphatic heterocycles. The molecule has 1 aromatic heterocycles. The second-order valence-electron chi connectivity index (χ2n) is 6.37. The van der Waals surface area contributed by atoms with Crippen LogP contribution in [-0.4, -0.2) is 34.0 Å². The SMILES string of the molecule is CCCCn1nc(C)c2c1NC(=O)CC2c1ccc(OCCO)cc1. The third-order valence-corrected chi connectivity index (χ3v) is 4.54. The van der Waals surface area contributed by atoms with Gasteiger partial charge in [-0.15, -0.1) is 0 Å². The van der Waals surface area contributed by atoms with E-state index in [4.69, 9.17) is 9.84 Å². The number of carbonyl (C=O) groups is 1. The van der Waals surface area contributed by atoms with E-state index in [1.54, 1.807) is 0 Å². The van der Waals surface area contributed by atoms with Gasteiger partial charge >= 0.3 is 0 Å². The molecule has 3 rings (SSSR count). The number of aliphatic hydroxyl groups excluding tert-OH is 1. The molecule has 2 N–H and O–H groups in total. The van der Waals surface area contributed by atoms with Crippen molar-refractivity contribution in [1.82, 2.24) is 9.78 Å². The molecule has 1 atom stereocenters. The lowest BCUT2D eigenvalue weighted by atomic mass is 9.86. The van der Waals surface area contributed by atoms with Crippen LogP contribution in [0, 0.1) is 6.92 Å². The predicted molar refractivity (Wildman–Crippen MR) is 96.0 cm³/mol. The topological polar surface area (TPSA) is 76.4 Å². The fraction of sp³-hybridized carbons (Fsp3) is 0.474. The Morgan fingerprint density at radius 3 is 2.80 bits per heavy atom. The number of benzene rings is 1. The molecule has 1 aromatic carbocycles. The molecule has 1 amide bonds. The first-order chi connectivity index (χ1) is 12.1. The van der Waals surface area contributed by atoms with Gasteiger partial charge in [0.15, 0.2) is 0 Å². The summed E-state index contributed by atoms with van der Waals surface area (Å²) in [7, 11) is 0. The number of carbonyl (C=O) groups excluding carboxylic acids is 1. The summed E-state index contributed by atoms with van der Waals surface area (Å²) in [5.41, 5.74) is 3.15. The van der Waals surface area contributed by atoms with Crippen molar-refractivity contribution in [1.29, 1.82) is 0 Å². The van der Waals surface area contributed by atoms with Crippen molar-refractivity contribution in [3.05, 3.63) is 41.1 Å². The number of aromatic nitrogens is 2. The van der Waals surface area contributed by atoms with Gasteiger partial charge in [0.1, 0.15) is 18.2 Å². The zero-order valence-corrected chi connectivity index (χ0v) is 14.8. The lowest BCUT2D eigenvalue weighted by Gasteiger charge is -2.24. The predicted octanol–water partition coefficient (Wildman–Crippen LogP) is 2.84. The smallest absolute Gasteiger partial charge is 0.226 e. The standard InChI is InChI=1S/C19H25N3O3/c1-3-4-9-22-19-18(13(2)21-22)16(12-17(24)20-19)14-5-7-15(8-6-14)25-11-10-23/h5-8,16,23H,3-4,9-12H2,1-2H3,(H,20,24). The molecule has 0 saturated carbocycles. The summed E-state index contributed by atoms with van der Waals surface area (Å²) in [5.74, 6) is 1.59. The first-order valence-electron chi connectivity index (χ1n) is 8.84. The lowest BCUT2D eigenvalue weighted by Crippen LogP contribution is -2.25. The number of nitrogens with zero attached hydrogens (tertiary/aromatic N) is 2. The lowest BCUT2D eigenvalue weighted by molar-refractivity contribution is -0.116. The van der Waals surface area contributed by atoms with E-state index in [1.165, 1.54) is 0 Å². The van der Waals surface area contributed by atoms with Crippen molar-refractivity contribution in [2.75, 3.05) is 18.5 Å². The molecule has 0 bridgehead atoms. The van der Waals surface area contributed by atoms with E-state index in [0.29, 0.717) is 12.2 Å². The van der Waals surface area contributed by atoms with Crippen molar-refractivity contribution in [2.45, 2.75) is 45.6 Å². The highest BCUT2D eigenvalue weighted by atomic mass is 16.5. The number of hydrogen-bond acceptors (Lipinski definition) is 4. The van der Waals surface area contributed by atoms with Crippen LogP contribution >= 0.6 is 0 Å². The van der Waals surface area contributed by atoms with Gasteiger partial charge in [-0.2, -0.15) is 5.10 Å².